The molecule has 0 fully saturated rings. The number of carbonyl (C=O) groups is 1. The van der Waals surface area contributed by atoms with Crippen LogP contribution in [-0.2, 0) is 0 Å². The van der Waals surface area contributed by atoms with Gasteiger partial charge in [0.2, 0.25) is 5.82 Å². The van der Waals surface area contributed by atoms with Gasteiger partial charge in [-0.25, -0.2) is 9.97 Å². The van der Waals surface area contributed by atoms with Crippen molar-refractivity contribution in [1.82, 2.24) is 14.9 Å². The van der Waals surface area contributed by atoms with E-state index in [1.54, 1.807) is 18.1 Å². The van der Waals surface area contributed by atoms with Crippen LogP contribution in [0.3, 0.4) is 0 Å². The molecule has 0 aliphatic heterocycles. The molecule has 1 aromatic heterocycles. The largest absolute Gasteiger partial charge is 0.339 e. The number of hydrogen-bond acceptors (Lipinski definition) is 3. The molecule has 0 atom stereocenters. The van der Waals surface area contributed by atoms with Gasteiger partial charge in [-0.1, -0.05) is 11.6 Å². The van der Waals surface area contributed by atoms with Crippen LogP contribution in [0.4, 0.5) is 0 Å². The van der Waals surface area contributed by atoms with Gasteiger partial charge in [-0.15, -0.1) is 24.8 Å². The smallest absolute Gasteiger partial charge is 0.291 e. The molecule has 0 bridgehead atoms. The number of fused-ring (bicyclic) bond motifs is 1. The highest BCUT2D eigenvalue weighted by molar-refractivity contribution is 5.92. The third-order valence-corrected chi connectivity index (χ3v) is 2.75. The predicted octanol–water partition coefficient (Wildman–Crippen LogP) is 2.87. The second kappa shape index (κ2) is 7.26. The van der Waals surface area contributed by atoms with E-state index in [9.17, 15) is 4.79 Å². The summed E-state index contributed by atoms with van der Waals surface area (Å²) in [6.45, 7) is 4.58. The zero-order valence-electron chi connectivity index (χ0n) is 11.1. The summed E-state index contributed by atoms with van der Waals surface area (Å²) in [5.74, 6) is 0.112. The second-order valence-electron chi connectivity index (χ2n) is 4.08. The van der Waals surface area contributed by atoms with Crippen molar-refractivity contribution in [2.45, 2.75) is 13.8 Å². The van der Waals surface area contributed by atoms with Crippen molar-refractivity contribution in [2.75, 3.05) is 13.6 Å². The number of hydrogen-bond donors (Lipinski definition) is 0. The fourth-order valence-corrected chi connectivity index (χ4v) is 1.57. The van der Waals surface area contributed by atoms with Gasteiger partial charge in [0.05, 0.1) is 5.52 Å². The molecule has 19 heavy (non-hydrogen) atoms. The lowest BCUT2D eigenvalue weighted by Crippen LogP contribution is -2.27. The van der Waals surface area contributed by atoms with Gasteiger partial charge in [-0.05, 0) is 26.0 Å². The summed E-state index contributed by atoms with van der Waals surface area (Å²) in [4.78, 5) is 21.9. The SMILES string of the molecule is CCN(C)C(=O)c1ncc2cc(C)ccc2n1.Cl.Cl. The Balaban J connectivity index is 0.00000162. The van der Waals surface area contributed by atoms with E-state index in [4.69, 9.17) is 0 Å². The van der Waals surface area contributed by atoms with Crippen molar-refractivity contribution >= 4 is 41.6 Å². The van der Waals surface area contributed by atoms with Gasteiger partial charge in [-0.2, -0.15) is 0 Å². The molecule has 1 aromatic carbocycles. The third-order valence-electron chi connectivity index (χ3n) is 2.75. The number of nitrogens with zero attached hydrogens (tertiary/aromatic N) is 3. The minimum atomic E-state index is -0.144. The van der Waals surface area contributed by atoms with Crippen LogP contribution >= 0.6 is 24.8 Å². The fraction of sp³-hybridized carbons (Fsp3) is 0.308. The Labute approximate surface area is 125 Å². The maximum atomic E-state index is 11.9. The molecule has 0 radical (unpaired) electrons. The average molecular weight is 302 g/mol. The molecular formula is C13H17Cl2N3O. The van der Waals surface area contributed by atoms with Crippen molar-refractivity contribution in [1.29, 1.82) is 0 Å². The molecule has 0 unspecified atom stereocenters. The molecule has 0 aliphatic rings. The quantitative estimate of drug-likeness (QED) is 0.857. The van der Waals surface area contributed by atoms with Gasteiger partial charge in [0.15, 0.2) is 0 Å². The normalized spacial score (nSPS) is 9.42. The number of rotatable bonds is 2. The summed E-state index contributed by atoms with van der Waals surface area (Å²) in [5.41, 5.74) is 1.96. The number of carbonyl (C=O) groups excluding carboxylic acids is 1. The Morgan fingerprint density at radius 3 is 2.63 bits per heavy atom. The molecule has 0 saturated heterocycles. The molecule has 0 N–H and O–H groups in total. The van der Waals surface area contributed by atoms with E-state index < -0.39 is 0 Å². The van der Waals surface area contributed by atoms with Crippen LogP contribution in [0.15, 0.2) is 24.4 Å². The monoisotopic (exact) mass is 301 g/mol. The highest BCUT2D eigenvalue weighted by Crippen LogP contribution is 2.13. The van der Waals surface area contributed by atoms with E-state index in [-0.39, 0.29) is 36.5 Å². The summed E-state index contributed by atoms with van der Waals surface area (Å²) in [5, 5.41) is 0.959. The summed E-state index contributed by atoms with van der Waals surface area (Å²) >= 11 is 0. The van der Waals surface area contributed by atoms with Crippen LogP contribution in [0.5, 0.6) is 0 Å². The first-order chi connectivity index (χ1) is 8.11. The zero-order chi connectivity index (χ0) is 12.4. The summed E-state index contributed by atoms with van der Waals surface area (Å²) in [7, 11) is 1.74. The fourth-order valence-electron chi connectivity index (χ4n) is 1.57. The maximum absolute atomic E-state index is 11.9. The maximum Gasteiger partial charge on any atom is 0.291 e. The molecule has 0 saturated carbocycles. The minimum absolute atomic E-state index is 0. The molecule has 6 heteroatoms. The molecule has 1 heterocycles. The summed E-state index contributed by atoms with van der Waals surface area (Å²) < 4.78 is 0. The number of benzene rings is 1. The first-order valence-corrected chi connectivity index (χ1v) is 5.60. The van der Waals surface area contributed by atoms with E-state index >= 15 is 0 Å². The molecule has 2 rings (SSSR count). The molecule has 0 spiro atoms. The number of aromatic nitrogens is 2. The molecular weight excluding hydrogens is 285 g/mol. The van der Waals surface area contributed by atoms with Crippen molar-refractivity contribution < 1.29 is 4.79 Å². The van der Waals surface area contributed by atoms with Crippen LogP contribution in [0.25, 0.3) is 10.9 Å². The van der Waals surface area contributed by atoms with Crippen LogP contribution < -0.4 is 0 Å². The lowest BCUT2D eigenvalue weighted by Gasteiger charge is -2.13. The van der Waals surface area contributed by atoms with E-state index in [1.807, 2.05) is 32.0 Å². The van der Waals surface area contributed by atoms with Crippen molar-refractivity contribution in [3.63, 3.8) is 0 Å². The van der Waals surface area contributed by atoms with Crippen LogP contribution in [0.1, 0.15) is 23.1 Å². The van der Waals surface area contributed by atoms with Gasteiger partial charge in [0, 0.05) is 25.2 Å². The molecule has 1 amide bonds. The van der Waals surface area contributed by atoms with Crippen LogP contribution in [0, 0.1) is 6.92 Å². The van der Waals surface area contributed by atoms with E-state index in [1.165, 1.54) is 0 Å². The van der Waals surface area contributed by atoms with Gasteiger partial charge in [0.1, 0.15) is 0 Å². The molecule has 104 valence electrons. The lowest BCUT2D eigenvalue weighted by atomic mass is 10.2. The summed E-state index contributed by atoms with van der Waals surface area (Å²) in [6, 6.07) is 5.90. The zero-order valence-corrected chi connectivity index (χ0v) is 12.7. The molecule has 4 nitrogen and oxygen atoms in total. The third kappa shape index (κ3) is 3.78. The van der Waals surface area contributed by atoms with Gasteiger partial charge in [-0.3, -0.25) is 4.79 Å². The van der Waals surface area contributed by atoms with Gasteiger partial charge < -0.3 is 4.90 Å². The Morgan fingerprint density at radius 1 is 1.32 bits per heavy atom. The summed E-state index contributed by atoms with van der Waals surface area (Å²) in [6.07, 6.45) is 1.70. The van der Waals surface area contributed by atoms with Crippen molar-refractivity contribution in [3.05, 3.63) is 35.8 Å². The Morgan fingerprint density at radius 2 is 2.00 bits per heavy atom. The number of amides is 1. The standard InChI is InChI=1S/C13H15N3O.2ClH/c1-4-16(3)13(17)12-14-8-10-7-9(2)5-6-11(10)15-12;;/h5-8H,4H2,1-3H3;2*1H. The number of halogens is 2. The highest BCUT2D eigenvalue weighted by Gasteiger charge is 2.13. The van der Waals surface area contributed by atoms with Crippen molar-refractivity contribution in [3.8, 4) is 0 Å². The average Bonchev–Trinajstić information content (AvgIpc) is 2.36. The second-order valence-corrected chi connectivity index (χ2v) is 4.08. The lowest BCUT2D eigenvalue weighted by molar-refractivity contribution is 0.0791. The van der Waals surface area contributed by atoms with E-state index in [0.29, 0.717) is 6.54 Å². The highest BCUT2D eigenvalue weighted by atomic mass is 35.5. The first kappa shape index (κ1) is 17.6. The Hall–Kier alpha value is -1.39. The van der Waals surface area contributed by atoms with Gasteiger partial charge >= 0.3 is 0 Å². The van der Waals surface area contributed by atoms with Crippen LogP contribution in [0.2, 0.25) is 0 Å². The topological polar surface area (TPSA) is 46.1 Å². The van der Waals surface area contributed by atoms with E-state index in [0.717, 1.165) is 16.5 Å². The number of aryl methyl sites for hydroxylation is 1. The molecule has 0 aliphatic carbocycles. The van der Waals surface area contributed by atoms with Crippen molar-refractivity contribution in [2.24, 2.45) is 0 Å². The Bertz CT molecular complexity index is 575. The minimum Gasteiger partial charge on any atom is -0.339 e. The van der Waals surface area contributed by atoms with Crippen LogP contribution in [-0.4, -0.2) is 34.4 Å². The van der Waals surface area contributed by atoms with Gasteiger partial charge in [0.25, 0.3) is 5.91 Å². The Kier molecular flexibility index (Phi) is 6.73. The van der Waals surface area contributed by atoms with E-state index in [2.05, 4.69) is 9.97 Å². The first-order valence-electron chi connectivity index (χ1n) is 5.60. The predicted molar refractivity (Wildman–Crippen MR) is 81.4 cm³/mol. The molecule has 2 aromatic rings.